The van der Waals surface area contributed by atoms with Crippen LogP contribution >= 0.6 is 12.4 Å². The summed E-state index contributed by atoms with van der Waals surface area (Å²) in [4.78, 5) is 43.3. The zero-order valence-corrected chi connectivity index (χ0v) is 31.3. The third-order valence-electron chi connectivity index (χ3n) is 10.3. The molecule has 0 unspecified atom stereocenters. The second-order valence-corrected chi connectivity index (χ2v) is 14.3. The van der Waals surface area contributed by atoms with Gasteiger partial charge in [-0.1, -0.05) is 30.3 Å². The van der Waals surface area contributed by atoms with Crippen LogP contribution in [0, 0.1) is 18.8 Å². The van der Waals surface area contributed by atoms with Gasteiger partial charge in [-0.15, -0.1) is 12.4 Å². The highest BCUT2D eigenvalue weighted by Gasteiger charge is 2.61. The molecule has 2 heterocycles. The molecular formula is C39H44ClF5N8O3. The quantitative estimate of drug-likeness (QED) is 0.0950. The van der Waals surface area contributed by atoms with Gasteiger partial charge in [0.15, 0.2) is 5.82 Å². The first-order valence-corrected chi connectivity index (χ1v) is 18.2. The van der Waals surface area contributed by atoms with E-state index in [0.29, 0.717) is 36.6 Å². The van der Waals surface area contributed by atoms with Crippen LogP contribution in [-0.2, 0) is 21.9 Å². The molecular weight excluding hydrogens is 759 g/mol. The van der Waals surface area contributed by atoms with Crippen molar-refractivity contribution in [2.24, 2.45) is 17.6 Å². The zero-order valence-electron chi connectivity index (χ0n) is 30.5. The number of aryl methyl sites for hydroxylation is 1. The fourth-order valence-electron chi connectivity index (χ4n) is 6.99. The van der Waals surface area contributed by atoms with E-state index in [1.165, 1.54) is 24.3 Å². The van der Waals surface area contributed by atoms with Crippen molar-refractivity contribution in [3.63, 3.8) is 0 Å². The summed E-state index contributed by atoms with van der Waals surface area (Å²) in [5.41, 5.74) is 10.4. The summed E-state index contributed by atoms with van der Waals surface area (Å²) in [5.74, 6) is -8.03. The standard InChI is InChI=1S/C39H43F5N8O3.ClH/c1-22-18-28(35(54)48-30-16-17-46-21-30)12-15-31(22)25-6-2-23(3-7-25)19-32(49-34(53)27-8-4-24(20-45)5-9-27)36(55)47-29-13-10-26(11-14-29)33-50-37(52-51-33)38(40,41)39(42,43)44;/h2-3,6-7,10-15,18,24,27,30,32,46H,4-5,8-9,16-17,19-21,45H2,1H3,(H,47,55)(H,48,54)(H,49,53)(H,50,51,52);1H/t24?,27?,30-,32+;/m1./s1. The number of carbonyl (C=O) groups is 3. The van der Waals surface area contributed by atoms with Crippen molar-refractivity contribution in [2.75, 3.05) is 25.0 Å². The lowest BCUT2D eigenvalue weighted by Crippen LogP contribution is -2.48. The van der Waals surface area contributed by atoms with Crippen molar-refractivity contribution in [1.82, 2.24) is 31.1 Å². The summed E-state index contributed by atoms with van der Waals surface area (Å²) >= 11 is 0. The first-order valence-electron chi connectivity index (χ1n) is 18.2. The van der Waals surface area contributed by atoms with Crippen molar-refractivity contribution >= 4 is 35.8 Å². The van der Waals surface area contributed by atoms with Gasteiger partial charge >= 0.3 is 12.1 Å². The molecule has 0 bridgehead atoms. The van der Waals surface area contributed by atoms with Crippen LogP contribution in [-0.4, -0.2) is 70.8 Å². The van der Waals surface area contributed by atoms with Gasteiger partial charge in [-0.2, -0.15) is 27.1 Å². The van der Waals surface area contributed by atoms with E-state index in [-0.39, 0.29) is 54.0 Å². The number of nitrogens with zero attached hydrogens (tertiary/aromatic N) is 2. The van der Waals surface area contributed by atoms with Gasteiger partial charge < -0.3 is 27.0 Å². The maximum atomic E-state index is 13.7. The van der Waals surface area contributed by atoms with Crippen molar-refractivity contribution in [3.8, 4) is 22.5 Å². The number of hydrogen-bond donors (Lipinski definition) is 6. The van der Waals surface area contributed by atoms with E-state index in [2.05, 4.69) is 36.4 Å². The topological polar surface area (TPSA) is 167 Å². The highest BCUT2D eigenvalue weighted by molar-refractivity contribution is 5.98. The fourth-order valence-corrected chi connectivity index (χ4v) is 6.99. The second-order valence-electron chi connectivity index (χ2n) is 14.3. The monoisotopic (exact) mass is 802 g/mol. The molecule has 0 spiro atoms. The molecule has 3 aromatic carbocycles. The highest BCUT2D eigenvalue weighted by Crippen LogP contribution is 2.42. The predicted octanol–water partition coefficient (Wildman–Crippen LogP) is 6.05. The van der Waals surface area contributed by atoms with Crippen LogP contribution in [0.25, 0.3) is 22.5 Å². The number of aromatic nitrogens is 3. The molecule has 3 amide bonds. The van der Waals surface area contributed by atoms with Gasteiger partial charge in [0.05, 0.1) is 0 Å². The Bertz CT molecular complexity index is 1980. The molecule has 4 aromatic rings. The number of H-pyrrole nitrogens is 1. The molecule has 2 fully saturated rings. The first kappa shape index (κ1) is 42.2. The van der Waals surface area contributed by atoms with Crippen molar-refractivity contribution < 1.29 is 36.3 Å². The Morgan fingerprint density at radius 1 is 0.911 bits per heavy atom. The number of anilines is 1. The second kappa shape index (κ2) is 17.9. The van der Waals surface area contributed by atoms with E-state index in [4.69, 9.17) is 5.73 Å². The van der Waals surface area contributed by atoms with E-state index < -0.39 is 29.9 Å². The molecule has 11 nitrogen and oxygen atoms in total. The number of rotatable bonds is 12. The van der Waals surface area contributed by atoms with Gasteiger partial charge in [0.25, 0.3) is 5.91 Å². The molecule has 2 aliphatic rings. The van der Waals surface area contributed by atoms with Crippen molar-refractivity contribution in [2.45, 2.75) is 69.6 Å². The Morgan fingerprint density at radius 3 is 2.20 bits per heavy atom. The van der Waals surface area contributed by atoms with Crippen LogP contribution in [0.3, 0.4) is 0 Å². The summed E-state index contributed by atoms with van der Waals surface area (Å²) in [6, 6.07) is 17.9. The Kier molecular flexibility index (Phi) is 13.5. The molecule has 1 saturated carbocycles. The lowest BCUT2D eigenvalue weighted by Gasteiger charge is -2.28. The average Bonchev–Trinajstić information content (AvgIpc) is 3.88. The maximum absolute atomic E-state index is 13.7. The Morgan fingerprint density at radius 2 is 1.59 bits per heavy atom. The number of halogens is 6. The summed E-state index contributed by atoms with van der Waals surface area (Å²) in [7, 11) is 0. The van der Waals surface area contributed by atoms with Crippen LogP contribution < -0.4 is 27.0 Å². The average molecular weight is 803 g/mol. The minimum atomic E-state index is -5.86. The van der Waals surface area contributed by atoms with Gasteiger partial charge in [-0.05, 0) is 117 Å². The number of amides is 3. The van der Waals surface area contributed by atoms with E-state index >= 15 is 0 Å². The number of benzene rings is 3. The zero-order chi connectivity index (χ0) is 39.3. The van der Waals surface area contributed by atoms with Gasteiger partial charge in [-0.3, -0.25) is 19.5 Å². The van der Waals surface area contributed by atoms with Crippen LogP contribution in [0.5, 0.6) is 0 Å². The van der Waals surface area contributed by atoms with E-state index in [9.17, 15) is 36.3 Å². The molecule has 1 aromatic heterocycles. The Hall–Kier alpha value is -4.93. The van der Waals surface area contributed by atoms with Crippen molar-refractivity contribution in [3.05, 3.63) is 89.2 Å². The van der Waals surface area contributed by atoms with E-state index in [0.717, 1.165) is 54.6 Å². The van der Waals surface area contributed by atoms with Crippen LogP contribution in [0.1, 0.15) is 59.4 Å². The summed E-state index contributed by atoms with van der Waals surface area (Å²) in [5, 5.41) is 17.2. The normalized spacial score (nSPS) is 19.1. The van der Waals surface area contributed by atoms with Gasteiger partial charge in [0.1, 0.15) is 6.04 Å². The maximum Gasteiger partial charge on any atom is 0.461 e. The molecule has 17 heteroatoms. The molecule has 1 aliphatic heterocycles. The summed E-state index contributed by atoms with van der Waals surface area (Å²) in [6.45, 7) is 4.13. The highest BCUT2D eigenvalue weighted by atomic mass is 35.5. The molecule has 2 atom stereocenters. The Balaban J connectivity index is 0.00000600. The minimum Gasteiger partial charge on any atom is -0.348 e. The first-order chi connectivity index (χ1) is 26.2. The lowest BCUT2D eigenvalue weighted by molar-refractivity contribution is -0.292. The van der Waals surface area contributed by atoms with Crippen molar-refractivity contribution in [1.29, 1.82) is 0 Å². The molecule has 56 heavy (non-hydrogen) atoms. The van der Waals surface area contributed by atoms with Crippen LogP contribution in [0.4, 0.5) is 27.6 Å². The largest absolute Gasteiger partial charge is 0.461 e. The third-order valence-corrected chi connectivity index (χ3v) is 10.3. The van der Waals surface area contributed by atoms with Gasteiger partial charge in [0.2, 0.25) is 17.6 Å². The van der Waals surface area contributed by atoms with Crippen LogP contribution in [0.2, 0.25) is 0 Å². The smallest absolute Gasteiger partial charge is 0.348 e. The number of alkyl halides is 5. The number of nitrogens with one attached hydrogen (secondary N) is 5. The van der Waals surface area contributed by atoms with E-state index in [1.54, 1.807) is 6.07 Å². The van der Waals surface area contributed by atoms with Crippen LogP contribution in [0.15, 0.2) is 66.7 Å². The minimum absolute atomic E-state index is 0. The molecule has 7 N–H and O–H groups in total. The Labute approximate surface area is 326 Å². The van der Waals surface area contributed by atoms with Gasteiger partial charge in [0, 0.05) is 41.7 Å². The molecule has 6 rings (SSSR count). The molecule has 1 aliphatic carbocycles. The number of carbonyl (C=O) groups excluding carboxylic acids is 3. The fraction of sp³-hybridized carbons (Fsp3) is 0.410. The molecule has 1 saturated heterocycles. The van der Waals surface area contributed by atoms with Gasteiger partial charge in [-0.25, -0.2) is 4.98 Å². The SMILES string of the molecule is Cc1cc(C(=O)N[C@@H]2CCNC2)ccc1-c1ccc(C[C@H](NC(=O)C2CCC(CN)CC2)C(=O)Nc2ccc(-c3nc(C(F)(F)C(F)(F)F)n[nH]3)cc2)cc1.Cl. The molecule has 0 radical (unpaired) electrons. The van der Waals surface area contributed by atoms with E-state index in [1.807, 2.05) is 43.3 Å². The number of aromatic amines is 1. The summed E-state index contributed by atoms with van der Waals surface area (Å²) in [6.07, 6.45) is -1.84. The molecule has 300 valence electrons. The predicted molar refractivity (Wildman–Crippen MR) is 203 cm³/mol. The third kappa shape index (κ3) is 9.89. The number of hydrogen-bond acceptors (Lipinski definition) is 7. The lowest BCUT2D eigenvalue weighted by atomic mass is 9.81. The summed E-state index contributed by atoms with van der Waals surface area (Å²) < 4.78 is 65.8. The number of nitrogens with two attached hydrogens (primary N) is 1.